The molecule has 0 saturated heterocycles. The minimum Gasteiger partial charge on any atom is -0.383 e. The number of hydrogen-bond donors (Lipinski definition) is 3. The van der Waals surface area contributed by atoms with Gasteiger partial charge in [-0.1, -0.05) is 0 Å². The summed E-state index contributed by atoms with van der Waals surface area (Å²) in [5, 5.41) is 6.54. The monoisotopic (exact) mass is 252 g/mol. The molecule has 0 aliphatic heterocycles. The molecule has 1 fully saturated rings. The van der Waals surface area contributed by atoms with Crippen molar-refractivity contribution in [1.29, 1.82) is 0 Å². The molecule has 6 nitrogen and oxygen atoms in total. The fraction of sp³-hybridized carbons (Fsp3) is 0.300. The van der Waals surface area contributed by atoms with Crippen LogP contribution in [-0.4, -0.2) is 26.1 Å². The summed E-state index contributed by atoms with van der Waals surface area (Å²) >= 11 is 0. The smallest absolute Gasteiger partial charge is 0.257 e. The Hall–Kier alpha value is -2.25. The first-order valence-corrected chi connectivity index (χ1v) is 5.29. The van der Waals surface area contributed by atoms with Crippen LogP contribution in [-0.2, 0) is 0 Å². The molecule has 0 amide bonds. The molecule has 1 aliphatic rings. The molecule has 0 bridgehead atoms. The second kappa shape index (κ2) is 3.37. The summed E-state index contributed by atoms with van der Waals surface area (Å²) in [6, 6.07) is 1.54. The zero-order valence-corrected chi connectivity index (χ0v) is 9.19. The number of hydrogen-bond acceptors (Lipinski definition) is 5. The maximum absolute atomic E-state index is 12.9. The number of halogens is 2. The van der Waals surface area contributed by atoms with Crippen LogP contribution in [0.25, 0.3) is 11.3 Å². The normalized spacial score (nSPS) is 20.9. The predicted octanol–water partition coefficient (Wildman–Crippen LogP) is 1.15. The van der Waals surface area contributed by atoms with Gasteiger partial charge in [0.1, 0.15) is 5.82 Å². The number of aromatic nitrogens is 4. The lowest BCUT2D eigenvalue weighted by molar-refractivity contribution is 0.111. The van der Waals surface area contributed by atoms with Crippen molar-refractivity contribution in [3.8, 4) is 11.3 Å². The molecule has 5 N–H and O–H groups in total. The molecule has 94 valence electrons. The Balaban J connectivity index is 1.94. The van der Waals surface area contributed by atoms with Crippen molar-refractivity contribution in [2.45, 2.75) is 18.3 Å². The molecule has 8 heteroatoms. The molecule has 0 spiro atoms. The van der Waals surface area contributed by atoms with E-state index in [1.807, 2.05) is 0 Å². The Morgan fingerprint density at radius 3 is 2.72 bits per heavy atom. The van der Waals surface area contributed by atoms with Crippen LogP contribution < -0.4 is 11.5 Å². The summed E-state index contributed by atoms with van der Waals surface area (Å²) in [6.07, 6.45) is 1.27. The fourth-order valence-corrected chi connectivity index (χ4v) is 1.81. The molecule has 1 unspecified atom stereocenters. The van der Waals surface area contributed by atoms with Crippen LogP contribution in [0.3, 0.4) is 0 Å². The van der Waals surface area contributed by atoms with Gasteiger partial charge in [0.25, 0.3) is 5.92 Å². The first-order valence-electron chi connectivity index (χ1n) is 5.29. The van der Waals surface area contributed by atoms with Gasteiger partial charge in [-0.15, -0.1) is 0 Å². The van der Waals surface area contributed by atoms with Gasteiger partial charge >= 0.3 is 0 Å². The number of nitrogens with zero attached hydrogens (tertiary/aromatic N) is 3. The number of anilines is 2. The number of nitrogens with two attached hydrogens (primary N) is 2. The SMILES string of the molecule is Nc1ncc(-c2cc(C3CC3(F)F)[nH]n2)c(N)n1. The standard InChI is InChI=1S/C10H10F2N6/c11-10(12)2-5(10)7-1-6(17-18-7)4-3-15-9(14)16-8(4)13/h1,3,5H,2H2,(H,17,18)(H4,13,14,15,16). The average molecular weight is 252 g/mol. The largest absolute Gasteiger partial charge is 0.383 e. The number of nitrogen functional groups attached to an aromatic ring is 2. The molecule has 1 saturated carbocycles. The Bertz CT molecular complexity index is 608. The van der Waals surface area contributed by atoms with Crippen LogP contribution in [0, 0.1) is 0 Å². The Labute approximate surface area is 100 Å². The number of rotatable bonds is 2. The van der Waals surface area contributed by atoms with E-state index in [0.29, 0.717) is 17.0 Å². The highest BCUT2D eigenvalue weighted by Crippen LogP contribution is 2.55. The molecule has 0 aromatic carbocycles. The molecular formula is C10H10F2N6. The second-order valence-electron chi connectivity index (χ2n) is 4.25. The highest BCUT2D eigenvalue weighted by Gasteiger charge is 2.58. The van der Waals surface area contributed by atoms with E-state index in [-0.39, 0.29) is 18.2 Å². The molecule has 3 rings (SSSR count). The van der Waals surface area contributed by atoms with Gasteiger partial charge in [-0.2, -0.15) is 10.1 Å². The number of aromatic amines is 1. The van der Waals surface area contributed by atoms with E-state index in [0.717, 1.165) is 0 Å². The third-order valence-corrected chi connectivity index (χ3v) is 2.91. The summed E-state index contributed by atoms with van der Waals surface area (Å²) in [7, 11) is 0. The Morgan fingerprint density at radius 2 is 2.11 bits per heavy atom. The Kier molecular flexibility index (Phi) is 2.04. The molecule has 2 aromatic rings. The maximum Gasteiger partial charge on any atom is 0.257 e. The van der Waals surface area contributed by atoms with E-state index in [4.69, 9.17) is 11.5 Å². The predicted molar refractivity (Wildman–Crippen MR) is 60.7 cm³/mol. The van der Waals surface area contributed by atoms with Gasteiger partial charge in [0, 0.05) is 18.3 Å². The van der Waals surface area contributed by atoms with Crippen molar-refractivity contribution >= 4 is 11.8 Å². The summed E-state index contributed by atoms with van der Waals surface area (Å²) in [6.45, 7) is 0. The minimum atomic E-state index is -2.63. The molecule has 1 aliphatic carbocycles. The van der Waals surface area contributed by atoms with Crippen LogP contribution in [0.1, 0.15) is 18.0 Å². The van der Waals surface area contributed by atoms with Crippen molar-refractivity contribution in [1.82, 2.24) is 20.2 Å². The van der Waals surface area contributed by atoms with E-state index < -0.39 is 11.8 Å². The third-order valence-electron chi connectivity index (χ3n) is 2.91. The molecular weight excluding hydrogens is 242 g/mol. The van der Waals surface area contributed by atoms with Gasteiger partial charge in [0.2, 0.25) is 5.95 Å². The quantitative estimate of drug-likeness (QED) is 0.743. The maximum atomic E-state index is 12.9. The lowest BCUT2D eigenvalue weighted by atomic mass is 10.2. The first kappa shape index (κ1) is 10.9. The van der Waals surface area contributed by atoms with Crippen LogP contribution in [0.4, 0.5) is 20.5 Å². The highest BCUT2D eigenvalue weighted by molar-refractivity contribution is 5.70. The Morgan fingerprint density at radius 1 is 1.39 bits per heavy atom. The van der Waals surface area contributed by atoms with Crippen LogP contribution in [0.2, 0.25) is 0 Å². The summed E-state index contributed by atoms with van der Waals surface area (Å²) < 4.78 is 25.8. The van der Waals surface area contributed by atoms with Gasteiger partial charge in [-0.05, 0) is 6.07 Å². The third kappa shape index (κ3) is 1.66. The first-order chi connectivity index (χ1) is 8.47. The minimum absolute atomic E-state index is 0.0562. The molecule has 1 atom stereocenters. The van der Waals surface area contributed by atoms with Gasteiger partial charge in [0.05, 0.1) is 17.2 Å². The van der Waals surface area contributed by atoms with Crippen molar-refractivity contribution in [2.75, 3.05) is 11.5 Å². The molecule has 2 aromatic heterocycles. The second-order valence-corrected chi connectivity index (χ2v) is 4.25. The van der Waals surface area contributed by atoms with E-state index in [1.54, 1.807) is 0 Å². The van der Waals surface area contributed by atoms with E-state index in [9.17, 15) is 8.78 Å². The zero-order chi connectivity index (χ0) is 12.9. The lowest BCUT2D eigenvalue weighted by Crippen LogP contribution is -2.01. The van der Waals surface area contributed by atoms with Crippen LogP contribution >= 0.6 is 0 Å². The number of H-pyrrole nitrogens is 1. The van der Waals surface area contributed by atoms with Gasteiger partial charge in [0.15, 0.2) is 0 Å². The van der Waals surface area contributed by atoms with Gasteiger partial charge in [-0.25, -0.2) is 13.8 Å². The van der Waals surface area contributed by atoms with Crippen LogP contribution in [0.5, 0.6) is 0 Å². The zero-order valence-electron chi connectivity index (χ0n) is 9.19. The van der Waals surface area contributed by atoms with E-state index in [2.05, 4.69) is 20.2 Å². The van der Waals surface area contributed by atoms with Gasteiger partial charge in [-0.3, -0.25) is 5.10 Å². The van der Waals surface area contributed by atoms with Gasteiger partial charge < -0.3 is 11.5 Å². The topological polar surface area (TPSA) is 106 Å². The van der Waals surface area contributed by atoms with Crippen molar-refractivity contribution < 1.29 is 8.78 Å². The number of nitrogens with one attached hydrogen (secondary N) is 1. The van der Waals surface area contributed by atoms with Crippen molar-refractivity contribution in [3.63, 3.8) is 0 Å². The molecule has 0 radical (unpaired) electrons. The van der Waals surface area contributed by atoms with E-state index in [1.165, 1.54) is 12.3 Å². The van der Waals surface area contributed by atoms with Crippen molar-refractivity contribution in [3.05, 3.63) is 18.0 Å². The lowest BCUT2D eigenvalue weighted by Gasteiger charge is -2.00. The molecule has 2 heterocycles. The molecule has 18 heavy (non-hydrogen) atoms. The highest BCUT2D eigenvalue weighted by atomic mass is 19.3. The summed E-state index contributed by atoms with van der Waals surface area (Å²) in [4.78, 5) is 7.59. The summed E-state index contributed by atoms with van der Waals surface area (Å²) in [5.74, 6) is -3.19. The number of alkyl halides is 2. The fourth-order valence-electron chi connectivity index (χ4n) is 1.81. The summed E-state index contributed by atoms with van der Waals surface area (Å²) in [5.41, 5.74) is 12.3. The van der Waals surface area contributed by atoms with E-state index >= 15 is 0 Å². The van der Waals surface area contributed by atoms with Crippen LogP contribution in [0.15, 0.2) is 12.3 Å². The van der Waals surface area contributed by atoms with Crippen molar-refractivity contribution in [2.24, 2.45) is 0 Å². The average Bonchev–Trinajstić information content (AvgIpc) is 2.74.